The molecule has 0 radical (unpaired) electrons. The zero-order valence-electron chi connectivity index (χ0n) is 15.3. The average Bonchev–Trinajstić information content (AvgIpc) is 2.99. The third-order valence-electron chi connectivity index (χ3n) is 5.15. The third-order valence-corrected chi connectivity index (χ3v) is 5.15. The Balaban J connectivity index is 1.85. The van der Waals surface area contributed by atoms with Gasteiger partial charge in [-0.1, -0.05) is 12.1 Å². The Morgan fingerprint density at radius 3 is 2.41 bits per heavy atom. The molecule has 27 heavy (non-hydrogen) atoms. The molecule has 1 aromatic carbocycles. The van der Waals surface area contributed by atoms with Crippen molar-refractivity contribution in [1.82, 2.24) is 26.0 Å². The van der Waals surface area contributed by atoms with E-state index in [9.17, 15) is 23.1 Å². The van der Waals surface area contributed by atoms with Crippen LogP contribution in [-0.2, 0) is 11.0 Å². The van der Waals surface area contributed by atoms with Crippen LogP contribution in [0.5, 0.6) is 0 Å². The maximum atomic E-state index is 12.8. The molecular weight excluding hydrogens is 363 g/mol. The normalized spacial score (nSPS) is 30.3. The highest BCUT2D eigenvalue weighted by atomic mass is 19.4. The van der Waals surface area contributed by atoms with Gasteiger partial charge in [-0.3, -0.25) is 15.0 Å². The smallest absolute Gasteiger partial charge is 0.395 e. The van der Waals surface area contributed by atoms with Gasteiger partial charge in [-0.25, -0.2) is 10.4 Å². The summed E-state index contributed by atoms with van der Waals surface area (Å²) in [6.07, 6.45) is -5.19. The first-order valence-electron chi connectivity index (χ1n) is 8.69. The average molecular weight is 387 g/mol. The first kappa shape index (κ1) is 20.0. The molecule has 7 nitrogen and oxygen atoms in total. The standard InChI is InChI=1S/C17H24F3N5O2/c1-9(10-4-6-11(7-5-10)17(18,19)20)25-14-13(12(8-26)23-25)15(27)22-16(21-14)24(2)3/h4-7,9,12-14,16,21,23,26H,8H2,1-3H3,(H,22,27)/t9-,12?,13?,14?,16?/m0/s1. The summed E-state index contributed by atoms with van der Waals surface area (Å²) in [5.74, 6) is -0.714. The van der Waals surface area contributed by atoms with Crippen molar-refractivity contribution in [3.63, 3.8) is 0 Å². The number of alkyl halides is 3. The molecule has 0 saturated carbocycles. The minimum absolute atomic E-state index is 0.189. The molecule has 2 saturated heterocycles. The molecule has 2 fully saturated rings. The van der Waals surface area contributed by atoms with Gasteiger partial charge in [0.2, 0.25) is 5.91 Å². The van der Waals surface area contributed by atoms with E-state index in [0.717, 1.165) is 12.1 Å². The first-order chi connectivity index (χ1) is 12.6. The highest BCUT2D eigenvalue weighted by molar-refractivity contribution is 5.81. The van der Waals surface area contributed by atoms with Crippen molar-refractivity contribution in [2.75, 3.05) is 20.7 Å². The lowest BCUT2D eigenvalue weighted by atomic mass is 9.95. The van der Waals surface area contributed by atoms with E-state index in [1.54, 1.807) is 9.91 Å². The van der Waals surface area contributed by atoms with E-state index in [2.05, 4.69) is 16.1 Å². The molecule has 2 aliphatic heterocycles. The number of nitrogens with one attached hydrogen (secondary N) is 3. The molecule has 1 aromatic rings. The van der Waals surface area contributed by atoms with Crippen LogP contribution in [0.4, 0.5) is 13.2 Å². The molecule has 4 unspecified atom stereocenters. The van der Waals surface area contributed by atoms with Gasteiger partial charge in [0.05, 0.1) is 30.3 Å². The summed E-state index contributed by atoms with van der Waals surface area (Å²) < 4.78 is 38.4. The number of carbonyl (C=O) groups excluding carboxylic acids is 1. The van der Waals surface area contributed by atoms with Crippen molar-refractivity contribution in [1.29, 1.82) is 0 Å². The van der Waals surface area contributed by atoms with Crippen LogP contribution < -0.4 is 16.1 Å². The monoisotopic (exact) mass is 387 g/mol. The van der Waals surface area contributed by atoms with Crippen LogP contribution in [0.25, 0.3) is 0 Å². The molecule has 3 rings (SSSR count). The number of carbonyl (C=O) groups is 1. The van der Waals surface area contributed by atoms with Crippen molar-refractivity contribution in [3.8, 4) is 0 Å². The fourth-order valence-corrected chi connectivity index (χ4v) is 3.59. The summed E-state index contributed by atoms with van der Waals surface area (Å²) >= 11 is 0. The topological polar surface area (TPSA) is 79.9 Å². The Morgan fingerprint density at radius 1 is 1.26 bits per heavy atom. The summed E-state index contributed by atoms with van der Waals surface area (Å²) in [5, 5.41) is 17.6. The molecule has 2 aliphatic rings. The summed E-state index contributed by atoms with van der Waals surface area (Å²) in [7, 11) is 3.63. The third kappa shape index (κ3) is 3.81. The second-order valence-electron chi connectivity index (χ2n) is 7.13. The van der Waals surface area contributed by atoms with Crippen LogP contribution >= 0.6 is 0 Å². The molecule has 10 heteroatoms. The number of benzene rings is 1. The van der Waals surface area contributed by atoms with Crippen molar-refractivity contribution < 1.29 is 23.1 Å². The quantitative estimate of drug-likeness (QED) is 0.601. The van der Waals surface area contributed by atoms with E-state index in [4.69, 9.17) is 0 Å². The SMILES string of the molecule is C[C@@H](c1ccc(C(F)(F)F)cc1)N1NC(CO)C2C(=O)NC(N(C)C)NC21. The summed E-state index contributed by atoms with van der Waals surface area (Å²) in [5.41, 5.74) is 3.10. The predicted molar refractivity (Wildman–Crippen MR) is 91.7 cm³/mol. The molecule has 0 aliphatic carbocycles. The summed E-state index contributed by atoms with van der Waals surface area (Å²) in [4.78, 5) is 14.3. The number of hydrazine groups is 1. The summed E-state index contributed by atoms with van der Waals surface area (Å²) in [6.45, 7) is 1.60. The van der Waals surface area contributed by atoms with Crippen LogP contribution in [-0.4, -0.2) is 60.1 Å². The number of hydrogen-bond acceptors (Lipinski definition) is 6. The van der Waals surface area contributed by atoms with Crippen molar-refractivity contribution in [2.45, 2.75) is 37.6 Å². The molecule has 2 heterocycles. The lowest BCUT2D eigenvalue weighted by Gasteiger charge is -2.41. The van der Waals surface area contributed by atoms with Crippen LogP contribution in [0.15, 0.2) is 24.3 Å². The van der Waals surface area contributed by atoms with E-state index >= 15 is 0 Å². The van der Waals surface area contributed by atoms with Crippen molar-refractivity contribution >= 4 is 5.91 Å². The Kier molecular flexibility index (Phi) is 5.46. The van der Waals surface area contributed by atoms with Crippen LogP contribution in [0.1, 0.15) is 24.1 Å². The van der Waals surface area contributed by atoms with Gasteiger partial charge in [0.1, 0.15) is 6.29 Å². The second kappa shape index (κ2) is 7.36. The number of amides is 1. The second-order valence-corrected chi connectivity index (χ2v) is 7.13. The Hall–Kier alpha value is -1.72. The highest BCUT2D eigenvalue weighted by Crippen LogP contribution is 2.34. The van der Waals surface area contributed by atoms with Crippen molar-refractivity contribution in [2.24, 2.45) is 5.92 Å². The van der Waals surface area contributed by atoms with Gasteiger partial charge in [-0.05, 0) is 38.7 Å². The lowest BCUT2D eigenvalue weighted by Crippen LogP contribution is -2.68. The van der Waals surface area contributed by atoms with E-state index in [0.29, 0.717) is 5.56 Å². The summed E-state index contributed by atoms with van der Waals surface area (Å²) in [6, 6.07) is 4.16. The van der Waals surface area contributed by atoms with E-state index in [1.807, 2.05) is 21.0 Å². The molecular formula is C17H24F3N5O2. The lowest BCUT2D eigenvalue weighted by molar-refractivity contribution is -0.137. The van der Waals surface area contributed by atoms with Gasteiger partial charge in [-0.2, -0.15) is 13.2 Å². The van der Waals surface area contributed by atoms with E-state index in [-0.39, 0.29) is 24.8 Å². The van der Waals surface area contributed by atoms with E-state index < -0.39 is 29.9 Å². The number of nitrogens with zero attached hydrogens (tertiary/aromatic N) is 2. The molecule has 0 bridgehead atoms. The fourth-order valence-electron chi connectivity index (χ4n) is 3.59. The zero-order valence-corrected chi connectivity index (χ0v) is 15.3. The van der Waals surface area contributed by atoms with Gasteiger partial charge in [0.15, 0.2) is 0 Å². The predicted octanol–water partition coefficient (Wildman–Crippen LogP) is 0.454. The Labute approximate surface area is 155 Å². The number of hydrogen-bond donors (Lipinski definition) is 4. The fraction of sp³-hybridized carbons (Fsp3) is 0.588. The van der Waals surface area contributed by atoms with Crippen molar-refractivity contribution in [3.05, 3.63) is 35.4 Å². The molecule has 5 atom stereocenters. The van der Waals surface area contributed by atoms with Gasteiger partial charge in [0, 0.05) is 6.04 Å². The van der Waals surface area contributed by atoms with Gasteiger partial charge in [-0.15, -0.1) is 0 Å². The number of rotatable bonds is 4. The molecule has 0 spiro atoms. The maximum Gasteiger partial charge on any atom is 0.416 e. The largest absolute Gasteiger partial charge is 0.416 e. The first-order valence-corrected chi connectivity index (χ1v) is 8.69. The number of fused-ring (bicyclic) bond motifs is 1. The van der Waals surface area contributed by atoms with Crippen LogP contribution in [0, 0.1) is 5.92 Å². The Morgan fingerprint density at radius 2 is 1.89 bits per heavy atom. The van der Waals surface area contributed by atoms with Gasteiger partial charge in [0.25, 0.3) is 0 Å². The highest BCUT2D eigenvalue weighted by Gasteiger charge is 2.51. The van der Waals surface area contributed by atoms with Gasteiger partial charge >= 0.3 is 6.18 Å². The van der Waals surface area contributed by atoms with Crippen LogP contribution in [0.2, 0.25) is 0 Å². The van der Waals surface area contributed by atoms with E-state index in [1.165, 1.54) is 12.1 Å². The molecule has 1 amide bonds. The zero-order chi connectivity index (χ0) is 19.9. The van der Waals surface area contributed by atoms with Gasteiger partial charge < -0.3 is 10.4 Å². The van der Waals surface area contributed by atoms with Crippen LogP contribution in [0.3, 0.4) is 0 Å². The number of aliphatic hydroxyl groups excluding tert-OH is 1. The minimum atomic E-state index is -4.39. The minimum Gasteiger partial charge on any atom is -0.395 e. The number of aliphatic hydroxyl groups is 1. The molecule has 4 N–H and O–H groups in total. The molecule has 0 aromatic heterocycles. The molecule has 150 valence electrons. The maximum absolute atomic E-state index is 12.8. The number of halogens is 3. The Bertz CT molecular complexity index is 682.